The van der Waals surface area contributed by atoms with Crippen LogP contribution in [0, 0.1) is 11.6 Å². The number of aliphatic hydroxyl groups is 1. The van der Waals surface area contributed by atoms with Crippen molar-refractivity contribution < 1.29 is 18.6 Å². The Hall–Kier alpha value is -2.56. The Morgan fingerprint density at radius 1 is 1.30 bits per heavy atom. The molecule has 0 spiro atoms. The molecule has 8 nitrogen and oxygen atoms in total. The standard InChI is InChI=1S/C16H16ClF2N5O3/c17-14-12-13(24(23-14)3-5-27-6-4-25)15(26)22-16(21-12)20-8-9-1-2-10(18)11(19)7-9/h1-2,7,25H,3-6,8H2,(H2,20,21,22,26). The van der Waals surface area contributed by atoms with Gasteiger partial charge in [0.2, 0.25) is 5.95 Å². The van der Waals surface area contributed by atoms with Crippen LogP contribution in [-0.2, 0) is 17.8 Å². The highest BCUT2D eigenvalue weighted by atomic mass is 35.5. The van der Waals surface area contributed by atoms with Crippen LogP contribution in [-0.4, -0.2) is 44.7 Å². The summed E-state index contributed by atoms with van der Waals surface area (Å²) in [5, 5.41) is 15.6. The maximum atomic E-state index is 13.3. The molecule has 1 aromatic carbocycles. The minimum Gasteiger partial charge on any atom is -0.394 e. The number of aromatic amines is 1. The molecule has 0 bridgehead atoms. The van der Waals surface area contributed by atoms with Gasteiger partial charge < -0.3 is 15.2 Å². The van der Waals surface area contributed by atoms with Gasteiger partial charge in [0.05, 0.1) is 26.4 Å². The Bertz CT molecular complexity index is 1010. The van der Waals surface area contributed by atoms with Gasteiger partial charge in [0.25, 0.3) is 5.56 Å². The molecule has 0 amide bonds. The van der Waals surface area contributed by atoms with Gasteiger partial charge in [0, 0.05) is 6.54 Å². The number of halogens is 3. The van der Waals surface area contributed by atoms with Crippen molar-refractivity contribution in [3.63, 3.8) is 0 Å². The highest BCUT2D eigenvalue weighted by Gasteiger charge is 2.15. The average Bonchev–Trinajstić information content (AvgIpc) is 2.96. The molecule has 11 heteroatoms. The van der Waals surface area contributed by atoms with Crippen molar-refractivity contribution in [2.75, 3.05) is 25.1 Å². The van der Waals surface area contributed by atoms with Gasteiger partial charge in [-0.25, -0.2) is 13.8 Å². The molecule has 144 valence electrons. The third kappa shape index (κ3) is 4.41. The number of rotatable bonds is 8. The molecule has 2 heterocycles. The predicted octanol–water partition coefficient (Wildman–Crippen LogP) is 1.67. The van der Waals surface area contributed by atoms with E-state index in [1.807, 2.05) is 0 Å². The topological polar surface area (TPSA) is 105 Å². The maximum Gasteiger partial charge on any atom is 0.278 e. The minimum absolute atomic E-state index is 0.0501. The van der Waals surface area contributed by atoms with Crippen molar-refractivity contribution in [1.29, 1.82) is 0 Å². The fourth-order valence-electron chi connectivity index (χ4n) is 2.45. The third-order valence-corrected chi connectivity index (χ3v) is 3.94. The molecule has 0 aliphatic heterocycles. The Morgan fingerprint density at radius 3 is 2.85 bits per heavy atom. The van der Waals surface area contributed by atoms with Crippen LogP contribution in [0.4, 0.5) is 14.7 Å². The fourth-order valence-corrected chi connectivity index (χ4v) is 2.68. The minimum atomic E-state index is -0.959. The molecule has 0 fully saturated rings. The van der Waals surface area contributed by atoms with Crippen LogP contribution in [0.25, 0.3) is 11.0 Å². The molecule has 0 unspecified atom stereocenters. The second kappa shape index (κ2) is 8.42. The van der Waals surface area contributed by atoms with Crippen molar-refractivity contribution in [2.24, 2.45) is 0 Å². The number of benzene rings is 1. The molecule has 2 aromatic heterocycles. The van der Waals surface area contributed by atoms with Gasteiger partial charge in [0.1, 0.15) is 5.52 Å². The number of ether oxygens (including phenoxy) is 1. The number of hydrogen-bond donors (Lipinski definition) is 3. The predicted molar refractivity (Wildman–Crippen MR) is 94.7 cm³/mol. The summed E-state index contributed by atoms with van der Waals surface area (Å²) < 4.78 is 32.8. The first-order valence-corrected chi connectivity index (χ1v) is 8.40. The number of hydrogen-bond acceptors (Lipinski definition) is 6. The normalized spacial score (nSPS) is 11.3. The van der Waals surface area contributed by atoms with Crippen molar-refractivity contribution in [2.45, 2.75) is 13.1 Å². The highest BCUT2D eigenvalue weighted by Crippen LogP contribution is 2.19. The quantitative estimate of drug-likeness (QED) is 0.498. The Labute approximate surface area is 156 Å². The first-order chi connectivity index (χ1) is 13.0. The van der Waals surface area contributed by atoms with E-state index in [-0.39, 0.29) is 55.0 Å². The third-order valence-electron chi connectivity index (χ3n) is 3.68. The van der Waals surface area contributed by atoms with Gasteiger partial charge in [-0.2, -0.15) is 5.10 Å². The molecule has 27 heavy (non-hydrogen) atoms. The molecule has 3 rings (SSSR count). The van der Waals surface area contributed by atoms with Crippen LogP contribution in [0.2, 0.25) is 5.15 Å². The van der Waals surface area contributed by atoms with Crippen molar-refractivity contribution >= 4 is 28.6 Å². The Morgan fingerprint density at radius 2 is 2.11 bits per heavy atom. The SMILES string of the molecule is O=c1[nH]c(NCc2ccc(F)c(F)c2)nc2c(Cl)nn(CCOCCO)c12. The summed E-state index contributed by atoms with van der Waals surface area (Å²) in [6, 6.07) is 3.49. The van der Waals surface area contributed by atoms with Gasteiger partial charge >= 0.3 is 0 Å². The fraction of sp³-hybridized carbons (Fsp3) is 0.312. The van der Waals surface area contributed by atoms with Gasteiger partial charge in [-0.05, 0) is 17.7 Å². The van der Waals surface area contributed by atoms with Crippen LogP contribution in [0.15, 0.2) is 23.0 Å². The van der Waals surface area contributed by atoms with E-state index in [0.29, 0.717) is 5.56 Å². The van der Waals surface area contributed by atoms with E-state index in [0.717, 1.165) is 12.1 Å². The summed E-state index contributed by atoms with van der Waals surface area (Å²) in [5.74, 6) is -1.77. The molecule has 0 saturated heterocycles. The molecular formula is C16H16ClF2N5O3. The second-order valence-corrected chi connectivity index (χ2v) is 5.92. The molecule has 0 saturated carbocycles. The number of aromatic nitrogens is 4. The summed E-state index contributed by atoms with van der Waals surface area (Å²) >= 11 is 6.07. The van der Waals surface area contributed by atoms with Crippen molar-refractivity contribution in [3.8, 4) is 0 Å². The van der Waals surface area contributed by atoms with E-state index >= 15 is 0 Å². The largest absolute Gasteiger partial charge is 0.394 e. The summed E-state index contributed by atoms with van der Waals surface area (Å²) in [4.78, 5) is 19.2. The average molecular weight is 400 g/mol. The van der Waals surface area contributed by atoms with Crippen LogP contribution in [0.3, 0.4) is 0 Å². The molecule has 0 aliphatic rings. The lowest BCUT2D eigenvalue weighted by Gasteiger charge is -2.07. The first-order valence-electron chi connectivity index (χ1n) is 8.02. The molecule has 0 radical (unpaired) electrons. The van der Waals surface area contributed by atoms with Gasteiger partial charge in [0.15, 0.2) is 22.3 Å². The van der Waals surface area contributed by atoms with E-state index in [1.54, 1.807) is 0 Å². The molecule has 0 aliphatic carbocycles. The smallest absolute Gasteiger partial charge is 0.278 e. The van der Waals surface area contributed by atoms with Crippen molar-refractivity contribution in [3.05, 3.63) is 50.9 Å². The highest BCUT2D eigenvalue weighted by molar-refractivity contribution is 6.33. The van der Waals surface area contributed by atoms with Gasteiger partial charge in [-0.15, -0.1) is 0 Å². The zero-order chi connectivity index (χ0) is 19.4. The first kappa shape index (κ1) is 19.2. The maximum absolute atomic E-state index is 13.3. The van der Waals surface area contributed by atoms with Crippen LogP contribution in [0.1, 0.15) is 5.56 Å². The molecule has 0 atom stereocenters. The second-order valence-electron chi connectivity index (χ2n) is 5.56. The number of nitrogens with one attached hydrogen (secondary N) is 2. The summed E-state index contributed by atoms with van der Waals surface area (Å²) in [6.45, 7) is 0.695. The number of anilines is 1. The van der Waals surface area contributed by atoms with E-state index in [2.05, 4.69) is 20.4 Å². The number of fused-ring (bicyclic) bond motifs is 1. The van der Waals surface area contributed by atoms with Crippen molar-refractivity contribution in [1.82, 2.24) is 19.7 Å². The van der Waals surface area contributed by atoms with Crippen LogP contribution in [0.5, 0.6) is 0 Å². The number of H-pyrrole nitrogens is 1. The molecule has 3 aromatic rings. The molecule has 3 N–H and O–H groups in total. The molecular weight excluding hydrogens is 384 g/mol. The van der Waals surface area contributed by atoms with E-state index in [4.69, 9.17) is 21.4 Å². The van der Waals surface area contributed by atoms with Crippen LogP contribution < -0.4 is 10.9 Å². The summed E-state index contributed by atoms with van der Waals surface area (Å²) in [7, 11) is 0. The summed E-state index contributed by atoms with van der Waals surface area (Å²) in [5.41, 5.74) is 0.398. The zero-order valence-electron chi connectivity index (χ0n) is 14.0. The zero-order valence-corrected chi connectivity index (χ0v) is 14.8. The lowest BCUT2D eigenvalue weighted by Crippen LogP contribution is -2.18. The van der Waals surface area contributed by atoms with E-state index in [1.165, 1.54) is 10.7 Å². The lowest BCUT2D eigenvalue weighted by molar-refractivity contribution is 0.0859. The van der Waals surface area contributed by atoms with E-state index in [9.17, 15) is 13.6 Å². The van der Waals surface area contributed by atoms with Gasteiger partial charge in [-0.1, -0.05) is 17.7 Å². The Kier molecular flexibility index (Phi) is 5.99. The number of aliphatic hydroxyl groups excluding tert-OH is 1. The van der Waals surface area contributed by atoms with Crippen LogP contribution >= 0.6 is 11.6 Å². The van der Waals surface area contributed by atoms with Gasteiger partial charge in [-0.3, -0.25) is 14.5 Å². The Balaban J connectivity index is 1.78. The number of nitrogens with zero attached hydrogens (tertiary/aromatic N) is 3. The van der Waals surface area contributed by atoms with E-state index < -0.39 is 17.2 Å². The lowest BCUT2D eigenvalue weighted by atomic mass is 10.2. The monoisotopic (exact) mass is 399 g/mol. The summed E-state index contributed by atoms with van der Waals surface area (Å²) in [6.07, 6.45) is 0.